The molecule has 0 aliphatic rings. The average Bonchev–Trinajstić information content (AvgIpc) is 2.15. The number of benzene rings is 1. The van der Waals surface area contributed by atoms with Crippen LogP contribution in [0.4, 0.5) is 0 Å². The lowest BCUT2D eigenvalue weighted by Crippen LogP contribution is -1.78. The van der Waals surface area contributed by atoms with Gasteiger partial charge in [0.2, 0.25) is 0 Å². The van der Waals surface area contributed by atoms with Crippen LogP contribution in [0.1, 0.15) is 11.1 Å². The molecule has 0 fully saturated rings. The van der Waals surface area contributed by atoms with Crippen LogP contribution in [-0.4, -0.2) is 6.29 Å². The summed E-state index contributed by atoms with van der Waals surface area (Å²) in [6.07, 6.45) is 4.06. The number of hydrogen-bond acceptors (Lipinski definition) is 1. The van der Waals surface area contributed by atoms with Gasteiger partial charge in [-0.1, -0.05) is 46.3 Å². The van der Waals surface area contributed by atoms with E-state index in [0.717, 1.165) is 17.2 Å². The SMILES string of the molecule is O=CC=Cc1cccc(CBr)c1. The summed E-state index contributed by atoms with van der Waals surface area (Å²) in [5.74, 6) is 0. The maximum atomic E-state index is 10.0. The van der Waals surface area contributed by atoms with Gasteiger partial charge < -0.3 is 0 Å². The second kappa shape index (κ2) is 4.88. The zero-order valence-electron chi connectivity index (χ0n) is 6.53. The molecule has 2 heteroatoms. The average molecular weight is 225 g/mol. The Kier molecular flexibility index (Phi) is 3.74. The first-order valence-corrected chi connectivity index (χ1v) is 4.75. The summed E-state index contributed by atoms with van der Waals surface area (Å²) in [5.41, 5.74) is 2.27. The maximum Gasteiger partial charge on any atom is 0.142 e. The molecular formula is C10H9BrO. The minimum absolute atomic E-state index is 0.779. The van der Waals surface area contributed by atoms with Gasteiger partial charge in [0, 0.05) is 5.33 Å². The molecule has 0 atom stereocenters. The van der Waals surface area contributed by atoms with Crippen molar-refractivity contribution in [3.05, 3.63) is 41.5 Å². The van der Waals surface area contributed by atoms with Crippen molar-refractivity contribution in [3.63, 3.8) is 0 Å². The van der Waals surface area contributed by atoms with Crippen LogP contribution in [0.2, 0.25) is 0 Å². The third kappa shape index (κ3) is 2.62. The molecule has 0 N–H and O–H groups in total. The molecule has 1 aromatic rings. The van der Waals surface area contributed by atoms with E-state index in [1.54, 1.807) is 6.08 Å². The van der Waals surface area contributed by atoms with Crippen LogP contribution in [0.25, 0.3) is 6.08 Å². The van der Waals surface area contributed by atoms with Crippen molar-refractivity contribution in [2.24, 2.45) is 0 Å². The van der Waals surface area contributed by atoms with Gasteiger partial charge in [0.05, 0.1) is 0 Å². The second-order valence-electron chi connectivity index (χ2n) is 2.37. The number of hydrogen-bond donors (Lipinski definition) is 0. The Morgan fingerprint density at radius 3 is 2.92 bits per heavy atom. The van der Waals surface area contributed by atoms with Crippen molar-refractivity contribution in [3.8, 4) is 0 Å². The quantitative estimate of drug-likeness (QED) is 0.439. The highest BCUT2D eigenvalue weighted by molar-refractivity contribution is 9.08. The Labute approximate surface area is 80.2 Å². The maximum absolute atomic E-state index is 10.0. The predicted molar refractivity (Wildman–Crippen MR) is 54.2 cm³/mol. The summed E-state index contributed by atoms with van der Waals surface area (Å²) in [5, 5.41) is 0.843. The molecule has 1 nitrogen and oxygen atoms in total. The van der Waals surface area contributed by atoms with E-state index in [2.05, 4.69) is 15.9 Å². The van der Waals surface area contributed by atoms with Crippen LogP contribution in [0, 0.1) is 0 Å². The van der Waals surface area contributed by atoms with Crippen molar-refractivity contribution in [2.45, 2.75) is 5.33 Å². The predicted octanol–water partition coefficient (Wildman–Crippen LogP) is 2.79. The summed E-state index contributed by atoms with van der Waals surface area (Å²) >= 11 is 3.37. The van der Waals surface area contributed by atoms with Crippen LogP contribution in [0.15, 0.2) is 30.3 Å². The molecule has 0 aromatic heterocycles. The highest BCUT2D eigenvalue weighted by Gasteiger charge is 1.89. The van der Waals surface area contributed by atoms with Crippen LogP contribution in [0.3, 0.4) is 0 Å². The molecule has 0 radical (unpaired) electrons. The lowest BCUT2D eigenvalue weighted by Gasteiger charge is -1.96. The fourth-order valence-corrected chi connectivity index (χ4v) is 1.28. The van der Waals surface area contributed by atoms with Gasteiger partial charge in [-0.3, -0.25) is 4.79 Å². The molecule has 12 heavy (non-hydrogen) atoms. The summed E-state index contributed by atoms with van der Waals surface area (Å²) in [4.78, 5) is 10.0. The number of rotatable bonds is 3. The minimum atomic E-state index is 0.779. The first-order valence-electron chi connectivity index (χ1n) is 3.63. The Morgan fingerprint density at radius 1 is 1.42 bits per heavy atom. The third-order valence-corrected chi connectivity index (χ3v) is 2.12. The van der Waals surface area contributed by atoms with E-state index < -0.39 is 0 Å². The first-order chi connectivity index (χ1) is 5.86. The molecule has 0 amide bonds. The third-order valence-electron chi connectivity index (χ3n) is 1.47. The number of alkyl halides is 1. The van der Waals surface area contributed by atoms with Crippen LogP contribution < -0.4 is 0 Å². The molecule has 62 valence electrons. The largest absolute Gasteiger partial charge is 0.299 e. The Morgan fingerprint density at radius 2 is 2.25 bits per heavy atom. The summed E-state index contributed by atoms with van der Waals surface area (Å²) in [6.45, 7) is 0. The van der Waals surface area contributed by atoms with Crippen LogP contribution in [-0.2, 0) is 10.1 Å². The molecule has 0 heterocycles. The van der Waals surface area contributed by atoms with Gasteiger partial charge in [-0.05, 0) is 17.2 Å². The Hall–Kier alpha value is -0.890. The molecule has 0 aliphatic carbocycles. The molecule has 1 rings (SSSR count). The fraction of sp³-hybridized carbons (Fsp3) is 0.100. The summed E-state index contributed by atoms with van der Waals surface area (Å²) < 4.78 is 0. The van der Waals surface area contributed by atoms with Gasteiger partial charge in [-0.25, -0.2) is 0 Å². The molecule has 1 aromatic carbocycles. The first kappa shape index (κ1) is 9.20. The van der Waals surface area contributed by atoms with E-state index in [1.807, 2.05) is 24.3 Å². The second-order valence-corrected chi connectivity index (χ2v) is 2.93. The standard InChI is InChI=1S/C10H9BrO/c11-8-10-4-1-3-9(7-10)5-2-6-12/h1-7H,8H2. The molecule has 0 saturated heterocycles. The highest BCUT2D eigenvalue weighted by atomic mass is 79.9. The lowest BCUT2D eigenvalue weighted by molar-refractivity contribution is -0.104. The van der Waals surface area contributed by atoms with E-state index >= 15 is 0 Å². The molecule has 0 spiro atoms. The van der Waals surface area contributed by atoms with Crippen molar-refractivity contribution >= 4 is 28.3 Å². The van der Waals surface area contributed by atoms with Gasteiger partial charge in [-0.2, -0.15) is 0 Å². The van der Waals surface area contributed by atoms with E-state index in [-0.39, 0.29) is 0 Å². The smallest absolute Gasteiger partial charge is 0.142 e. The number of halogens is 1. The normalized spacial score (nSPS) is 10.4. The molecule has 0 bridgehead atoms. The Bertz CT molecular complexity index is 292. The molecule has 0 aliphatic heterocycles. The van der Waals surface area contributed by atoms with Crippen molar-refractivity contribution in [1.29, 1.82) is 0 Å². The monoisotopic (exact) mass is 224 g/mol. The van der Waals surface area contributed by atoms with Gasteiger partial charge in [0.25, 0.3) is 0 Å². The van der Waals surface area contributed by atoms with Crippen molar-refractivity contribution in [1.82, 2.24) is 0 Å². The molecule has 0 saturated carbocycles. The zero-order chi connectivity index (χ0) is 8.81. The van der Waals surface area contributed by atoms with Gasteiger partial charge in [-0.15, -0.1) is 0 Å². The molecule has 0 unspecified atom stereocenters. The Balaban J connectivity index is 2.86. The number of carbonyl (C=O) groups excluding carboxylic acids is 1. The van der Waals surface area contributed by atoms with E-state index in [9.17, 15) is 4.79 Å². The number of aldehydes is 1. The summed E-state index contributed by atoms with van der Waals surface area (Å²) in [6, 6.07) is 8.01. The molecular weight excluding hydrogens is 216 g/mol. The van der Waals surface area contributed by atoms with E-state index in [4.69, 9.17) is 0 Å². The van der Waals surface area contributed by atoms with Crippen LogP contribution >= 0.6 is 15.9 Å². The van der Waals surface area contributed by atoms with Gasteiger partial charge >= 0.3 is 0 Å². The zero-order valence-corrected chi connectivity index (χ0v) is 8.12. The number of carbonyl (C=O) groups is 1. The van der Waals surface area contributed by atoms with Crippen LogP contribution in [0.5, 0.6) is 0 Å². The van der Waals surface area contributed by atoms with Crippen molar-refractivity contribution in [2.75, 3.05) is 0 Å². The van der Waals surface area contributed by atoms with E-state index in [1.165, 1.54) is 11.6 Å². The van der Waals surface area contributed by atoms with E-state index in [0.29, 0.717) is 0 Å². The van der Waals surface area contributed by atoms with Gasteiger partial charge in [0.1, 0.15) is 6.29 Å². The minimum Gasteiger partial charge on any atom is -0.299 e. The fourth-order valence-electron chi connectivity index (χ4n) is 0.930. The topological polar surface area (TPSA) is 17.1 Å². The highest BCUT2D eigenvalue weighted by Crippen LogP contribution is 2.09. The van der Waals surface area contributed by atoms with Crippen molar-refractivity contribution < 1.29 is 4.79 Å². The van der Waals surface area contributed by atoms with Gasteiger partial charge in [0.15, 0.2) is 0 Å². The summed E-state index contributed by atoms with van der Waals surface area (Å²) in [7, 11) is 0. The lowest BCUT2D eigenvalue weighted by atomic mass is 10.1. The number of allylic oxidation sites excluding steroid dienone is 1.